The SMILES string of the molecule is CC1=C(C(=O)OCc2ccccc2)C(c2cccc3ccccc23)[N+]2=C(N=C2)N1C. The molecule has 0 spiro atoms. The summed E-state index contributed by atoms with van der Waals surface area (Å²) in [5.41, 5.74) is 3.53. The molecule has 5 heteroatoms. The molecule has 0 saturated heterocycles. The van der Waals surface area contributed by atoms with Crippen LogP contribution in [0.4, 0.5) is 0 Å². The minimum atomic E-state index is -0.305. The van der Waals surface area contributed by atoms with Crippen molar-refractivity contribution in [2.75, 3.05) is 7.05 Å². The van der Waals surface area contributed by atoms with Crippen molar-refractivity contribution in [1.82, 2.24) is 4.90 Å². The van der Waals surface area contributed by atoms with Gasteiger partial charge in [-0.3, -0.25) is 4.90 Å². The van der Waals surface area contributed by atoms with Gasteiger partial charge in [0.1, 0.15) is 18.2 Å². The first-order valence-corrected chi connectivity index (χ1v) is 9.98. The largest absolute Gasteiger partial charge is 0.457 e. The zero-order valence-corrected chi connectivity index (χ0v) is 16.9. The third kappa shape index (κ3) is 2.90. The number of allylic oxidation sites excluding steroid dienone is 1. The Labute approximate surface area is 175 Å². The maximum atomic E-state index is 13.3. The van der Waals surface area contributed by atoms with E-state index >= 15 is 0 Å². The third-order valence-electron chi connectivity index (χ3n) is 5.82. The highest BCUT2D eigenvalue weighted by molar-refractivity contribution is 5.99. The molecule has 0 N–H and O–H groups in total. The predicted octanol–water partition coefficient (Wildman–Crippen LogP) is 4.25. The standard InChI is InChI=1S/C25H22N3O2/c1-17-22(24(29)30-15-18-9-4-3-5-10-18)23(28-16-26-25(28)27(17)2)21-14-8-12-19-11-6-7-13-20(19)21/h3-14,16,23H,15H2,1-2H3/q+1. The molecule has 1 atom stereocenters. The number of hydrogen-bond donors (Lipinski definition) is 0. The smallest absolute Gasteiger partial charge is 0.357 e. The first-order valence-electron chi connectivity index (χ1n) is 9.98. The van der Waals surface area contributed by atoms with Crippen molar-refractivity contribution in [3.05, 3.63) is 95.2 Å². The van der Waals surface area contributed by atoms with Gasteiger partial charge in [0, 0.05) is 7.05 Å². The third-order valence-corrected chi connectivity index (χ3v) is 5.82. The summed E-state index contributed by atoms with van der Waals surface area (Å²) in [5.74, 6) is 0.533. The van der Waals surface area contributed by atoms with Crippen molar-refractivity contribution in [3.63, 3.8) is 0 Å². The Hall–Kier alpha value is -3.73. The minimum absolute atomic E-state index is 0.243. The number of aliphatic imine (C=N–C) groups is 1. The summed E-state index contributed by atoms with van der Waals surface area (Å²) in [6, 6.07) is 23.9. The molecule has 3 aromatic rings. The van der Waals surface area contributed by atoms with Crippen LogP contribution in [0.3, 0.4) is 0 Å². The number of carbonyl (C=O) groups excluding carboxylic acids is 1. The van der Waals surface area contributed by atoms with Gasteiger partial charge in [-0.15, -0.1) is 0 Å². The van der Waals surface area contributed by atoms with Gasteiger partial charge in [0.15, 0.2) is 0 Å². The molecule has 5 nitrogen and oxygen atoms in total. The summed E-state index contributed by atoms with van der Waals surface area (Å²) in [6.45, 7) is 2.20. The van der Waals surface area contributed by atoms with E-state index in [0.29, 0.717) is 5.57 Å². The van der Waals surface area contributed by atoms with Crippen LogP contribution in [0, 0.1) is 0 Å². The van der Waals surface area contributed by atoms with Crippen LogP contribution in [0.2, 0.25) is 0 Å². The second-order valence-electron chi connectivity index (χ2n) is 7.54. The highest BCUT2D eigenvalue weighted by Crippen LogP contribution is 2.38. The van der Waals surface area contributed by atoms with Crippen molar-refractivity contribution in [2.45, 2.75) is 19.6 Å². The Kier molecular flexibility index (Phi) is 4.43. The molecule has 0 radical (unpaired) electrons. The van der Waals surface area contributed by atoms with Gasteiger partial charge in [0.25, 0.3) is 0 Å². The van der Waals surface area contributed by atoms with Crippen LogP contribution < -0.4 is 0 Å². The normalized spacial score (nSPS) is 17.8. The quantitative estimate of drug-likeness (QED) is 0.489. The number of esters is 1. The molecule has 3 aromatic carbocycles. The molecule has 1 unspecified atom stereocenters. The average Bonchev–Trinajstić information content (AvgIpc) is 2.76. The highest BCUT2D eigenvalue weighted by atomic mass is 16.5. The topological polar surface area (TPSA) is 44.9 Å². The number of hydrogen-bond acceptors (Lipinski definition) is 4. The number of carbonyl (C=O) groups is 1. The number of guanidine groups is 1. The lowest BCUT2D eigenvalue weighted by Gasteiger charge is -2.34. The number of benzene rings is 3. The maximum Gasteiger partial charge on any atom is 0.357 e. The molecule has 0 bridgehead atoms. The fourth-order valence-corrected chi connectivity index (χ4v) is 4.14. The average molecular weight is 396 g/mol. The van der Waals surface area contributed by atoms with Gasteiger partial charge in [-0.05, 0) is 28.8 Å². The van der Waals surface area contributed by atoms with E-state index in [1.807, 2.05) is 72.0 Å². The fraction of sp³-hybridized carbons (Fsp3) is 0.160. The molecule has 0 fully saturated rings. The van der Waals surface area contributed by atoms with Crippen LogP contribution in [0.15, 0.2) is 89.1 Å². The molecule has 0 saturated carbocycles. The van der Waals surface area contributed by atoms with E-state index in [2.05, 4.69) is 29.3 Å². The molecule has 2 aliphatic heterocycles. The van der Waals surface area contributed by atoms with Crippen LogP contribution in [0.5, 0.6) is 0 Å². The summed E-state index contributed by atoms with van der Waals surface area (Å²) in [5, 5.41) is 2.26. The minimum Gasteiger partial charge on any atom is -0.457 e. The first-order chi connectivity index (χ1) is 14.6. The number of rotatable bonds is 4. The zero-order chi connectivity index (χ0) is 20.7. The molecule has 0 aromatic heterocycles. The molecular weight excluding hydrogens is 374 g/mol. The van der Waals surface area contributed by atoms with Crippen LogP contribution >= 0.6 is 0 Å². The second kappa shape index (κ2) is 7.26. The second-order valence-corrected chi connectivity index (χ2v) is 7.54. The summed E-state index contributed by atoms with van der Waals surface area (Å²) in [7, 11) is 1.93. The van der Waals surface area contributed by atoms with Gasteiger partial charge in [0.05, 0.1) is 5.70 Å². The van der Waals surface area contributed by atoms with Crippen LogP contribution in [0.25, 0.3) is 10.8 Å². The summed E-state index contributed by atoms with van der Waals surface area (Å²) >= 11 is 0. The van der Waals surface area contributed by atoms with E-state index in [9.17, 15) is 4.79 Å². The lowest BCUT2D eigenvalue weighted by atomic mass is 9.90. The van der Waals surface area contributed by atoms with Gasteiger partial charge >= 0.3 is 11.9 Å². The number of fused-ring (bicyclic) bond motifs is 1. The number of ether oxygens (including phenoxy) is 1. The molecule has 0 amide bonds. The van der Waals surface area contributed by atoms with E-state index in [1.54, 1.807) is 6.34 Å². The Morgan fingerprint density at radius 2 is 1.77 bits per heavy atom. The van der Waals surface area contributed by atoms with Gasteiger partial charge in [-0.25, -0.2) is 9.37 Å². The highest BCUT2D eigenvalue weighted by Gasteiger charge is 2.43. The summed E-state index contributed by atoms with van der Waals surface area (Å²) in [6.07, 6.45) is 1.79. The van der Waals surface area contributed by atoms with Crippen molar-refractivity contribution < 1.29 is 14.1 Å². The molecule has 148 valence electrons. The summed E-state index contributed by atoms with van der Waals surface area (Å²) in [4.78, 5) is 19.7. The van der Waals surface area contributed by atoms with Gasteiger partial charge in [-0.2, -0.15) is 0 Å². The molecular formula is C25H22N3O2+. The van der Waals surface area contributed by atoms with Crippen molar-refractivity contribution in [2.24, 2.45) is 4.99 Å². The van der Waals surface area contributed by atoms with Crippen LogP contribution in [-0.4, -0.2) is 34.8 Å². The molecule has 0 aliphatic carbocycles. The van der Waals surface area contributed by atoms with Crippen LogP contribution in [-0.2, 0) is 16.1 Å². The van der Waals surface area contributed by atoms with E-state index in [1.165, 1.54) is 0 Å². The van der Waals surface area contributed by atoms with Crippen LogP contribution in [0.1, 0.15) is 24.1 Å². The van der Waals surface area contributed by atoms with Gasteiger partial charge in [0.2, 0.25) is 6.34 Å². The molecule has 2 aliphatic rings. The van der Waals surface area contributed by atoms with Crippen molar-refractivity contribution >= 4 is 29.0 Å². The zero-order valence-electron chi connectivity index (χ0n) is 16.9. The Balaban J connectivity index is 1.57. The number of nitrogens with zero attached hydrogens (tertiary/aromatic N) is 3. The lowest BCUT2D eigenvalue weighted by molar-refractivity contribution is -0.460. The first kappa shape index (κ1) is 18.3. The van der Waals surface area contributed by atoms with E-state index in [4.69, 9.17) is 4.74 Å². The summed E-state index contributed by atoms with van der Waals surface area (Å²) < 4.78 is 7.80. The van der Waals surface area contributed by atoms with E-state index < -0.39 is 0 Å². The molecule has 2 heterocycles. The van der Waals surface area contributed by atoms with Gasteiger partial charge in [-0.1, -0.05) is 77.8 Å². The van der Waals surface area contributed by atoms with Crippen molar-refractivity contribution in [1.29, 1.82) is 0 Å². The van der Waals surface area contributed by atoms with E-state index in [0.717, 1.165) is 33.6 Å². The predicted molar refractivity (Wildman–Crippen MR) is 117 cm³/mol. The molecule has 30 heavy (non-hydrogen) atoms. The Bertz CT molecular complexity index is 1240. The maximum absolute atomic E-state index is 13.3. The monoisotopic (exact) mass is 396 g/mol. The van der Waals surface area contributed by atoms with Gasteiger partial charge < -0.3 is 4.74 Å². The Morgan fingerprint density at radius 3 is 2.53 bits per heavy atom. The van der Waals surface area contributed by atoms with E-state index in [-0.39, 0.29) is 18.6 Å². The fourth-order valence-electron chi connectivity index (χ4n) is 4.14. The molecule has 5 rings (SSSR count). The Morgan fingerprint density at radius 1 is 1.03 bits per heavy atom. The lowest BCUT2D eigenvalue weighted by Crippen LogP contribution is -2.47. The van der Waals surface area contributed by atoms with Crippen molar-refractivity contribution in [3.8, 4) is 0 Å².